The lowest BCUT2D eigenvalue weighted by Crippen LogP contribution is -2.22. The van der Waals surface area contributed by atoms with E-state index < -0.39 is 39.2 Å². The molecule has 126 valence electrons. The molecule has 0 aliphatic heterocycles. The van der Waals surface area contributed by atoms with Gasteiger partial charge in [0.2, 0.25) is 11.7 Å². The minimum Gasteiger partial charge on any atom is -0.325 e. The Morgan fingerprint density at radius 2 is 1.88 bits per heavy atom. The van der Waals surface area contributed by atoms with E-state index in [4.69, 9.17) is 0 Å². The molecule has 5 nitrogen and oxygen atoms in total. The van der Waals surface area contributed by atoms with Gasteiger partial charge in [0.05, 0.1) is 10.2 Å². The van der Waals surface area contributed by atoms with Crippen LogP contribution in [-0.4, -0.2) is 16.1 Å². The standard InChI is InChI=1S/C15H11F3N2O3S/c1-8(24-14-5-2-9(16)6-12(14)18)15(21)19-10-3-4-11(17)13(7-10)20(22)23/h2-8H,1H3,(H,19,21). The molecular weight excluding hydrogens is 345 g/mol. The summed E-state index contributed by atoms with van der Waals surface area (Å²) in [6.45, 7) is 1.49. The summed E-state index contributed by atoms with van der Waals surface area (Å²) in [7, 11) is 0. The van der Waals surface area contributed by atoms with Crippen molar-refractivity contribution in [1.29, 1.82) is 0 Å². The predicted molar refractivity (Wildman–Crippen MR) is 83.4 cm³/mol. The topological polar surface area (TPSA) is 72.2 Å². The molecule has 0 aliphatic carbocycles. The maximum Gasteiger partial charge on any atom is 0.306 e. The molecule has 0 bridgehead atoms. The van der Waals surface area contributed by atoms with Crippen LogP contribution in [0.2, 0.25) is 0 Å². The van der Waals surface area contributed by atoms with Gasteiger partial charge in [-0.1, -0.05) is 0 Å². The van der Waals surface area contributed by atoms with Gasteiger partial charge in [-0.2, -0.15) is 4.39 Å². The third kappa shape index (κ3) is 4.25. The summed E-state index contributed by atoms with van der Waals surface area (Å²) >= 11 is 0.858. The van der Waals surface area contributed by atoms with Crippen LogP contribution in [0.25, 0.3) is 0 Å². The number of nitro benzene ring substituents is 1. The number of thioether (sulfide) groups is 1. The number of rotatable bonds is 5. The molecule has 2 aromatic carbocycles. The summed E-state index contributed by atoms with van der Waals surface area (Å²) in [6.07, 6.45) is 0. The summed E-state index contributed by atoms with van der Waals surface area (Å²) in [5.41, 5.74) is -0.724. The molecule has 0 aliphatic rings. The third-order valence-corrected chi connectivity index (χ3v) is 4.13. The molecule has 1 atom stereocenters. The van der Waals surface area contributed by atoms with E-state index >= 15 is 0 Å². The van der Waals surface area contributed by atoms with Crippen molar-refractivity contribution in [3.63, 3.8) is 0 Å². The highest BCUT2D eigenvalue weighted by Crippen LogP contribution is 2.28. The number of nitrogens with one attached hydrogen (secondary N) is 1. The summed E-state index contributed by atoms with van der Waals surface area (Å²) in [5, 5.41) is 12.3. The lowest BCUT2D eigenvalue weighted by Gasteiger charge is -2.12. The predicted octanol–water partition coefficient (Wildman–Crippen LogP) is 4.13. The second-order valence-electron chi connectivity index (χ2n) is 4.75. The first kappa shape index (κ1) is 17.8. The quantitative estimate of drug-likeness (QED) is 0.497. The number of halogens is 3. The fraction of sp³-hybridized carbons (Fsp3) is 0.133. The van der Waals surface area contributed by atoms with Crippen LogP contribution < -0.4 is 5.32 Å². The van der Waals surface area contributed by atoms with Gasteiger partial charge in [-0.05, 0) is 31.2 Å². The van der Waals surface area contributed by atoms with Crippen molar-refractivity contribution in [2.75, 3.05) is 5.32 Å². The SMILES string of the molecule is CC(Sc1ccc(F)cc1F)C(=O)Nc1ccc(F)c([N+](=O)[O-])c1. The van der Waals surface area contributed by atoms with E-state index in [1.165, 1.54) is 19.1 Å². The molecule has 0 heterocycles. The highest BCUT2D eigenvalue weighted by molar-refractivity contribution is 8.00. The van der Waals surface area contributed by atoms with E-state index in [1.807, 2.05) is 0 Å². The van der Waals surface area contributed by atoms with Crippen LogP contribution in [-0.2, 0) is 4.79 Å². The average Bonchev–Trinajstić information content (AvgIpc) is 2.51. The van der Waals surface area contributed by atoms with Crippen LogP contribution in [0.3, 0.4) is 0 Å². The molecule has 0 aromatic heterocycles. The van der Waals surface area contributed by atoms with Gasteiger partial charge in [0.1, 0.15) is 11.6 Å². The van der Waals surface area contributed by atoms with Gasteiger partial charge >= 0.3 is 5.69 Å². The molecule has 0 radical (unpaired) electrons. The summed E-state index contributed by atoms with van der Waals surface area (Å²) in [6, 6.07) is 5.92. The van der Waals surface area contributed by atoms with E-state index in [1.54, 1.807) is 0 Å². The van der Waals surface area contributed by atoms with Crippen LogP contribution >= 0.6 is 11.8 Å². The van der Waals surface area contributed by atoms with Crippen molar-refractivity contribution in [3.05, 3.63) is 64.0 Å². The Labute approximate surface area is 139 Å². The fourth-order valence-corrected chi connectivity index (χ4v) is 2.65. The van der Waals surface area contributed by atoms with E-state index in [0.29, 0.717) is 6.07 Å². The Bertz CT molecular complexity index is 802. The molecule has 2 aromatic rings. The molecule has 1 amide bonds. The first-order valence-electron chi connectivity index (χ1n) is 6.64. The van der Waals surface area contributed by atoms with E-state index in [2.05, 4.69) is 5.32 Å². The Balaban J connectivity index is 2.09. The zero-order chi connectivity index (χ0) is 17.9. The van der Waals surface area contributed by atoms with Gasteiger partial charge < -0.3 is 5.32 Å². The van der Waals surface area contributed by atoms with Crippen LogP contribution in [0.5, 0.6) is 0 Å². The first-order valence-corrected chi connectivity index (χ1v) is 7.52. The van der Waals surface area contributed by atoms with Crippen LogP contribution in [0.15, 0.2) is 41.3 Å². The smallest absolute Gasteiger partial charge is 0.306 e. The Morgan fingerprint density at radius 1 is 1.17 bits per heavy atom. The summed E-state index contributed by atoms with van der Waals surface area (Å²) < 4.78 is 39.7. The summed E-state index contributed by atoms with van der Waals surface area (Å²) in [4.78, 5) is 21.9. The normalized spacial score (nSPS) is 11.8. The molecule has 1 unspecified atom stereocenters. The van der Waals surface area contributed by atoms with E-state index in [9.17, 15) is 28.1 Å². The Hall–Kier alpha value is -2.55. The average molecular weight is 356 g/mol. The zero-order valence-corrected chi connectivity index (χ0v) is 13.1. The molecule has 0 saturated heterocycles. The van der Waals surface area contributed by atoms with Gasteiger partial charge in [0.15, 0.2) is 0 Å². The zero-order valence-electron chi connectivity index (χ0n) is 12.3. The van der Waals surface area contributed by atoms with Crippen molar-refractivity contribution in [3.8, 4) is 0 Å². The fourth-order valence-electron chi connectivity index (χ4n) is 1.79. The molecule has 0 fully saturated rings. The second kappa shape index (κ2) is 7.35. The van der Waals surface area contributed by atoms with Gasteiger partial charge in [0.25, 0.3) is 0 Å². The maximum atomic E-state index is 13.6. The van der Waals surface area contributed by atoms with Crippen molar-refractivity contribution in [1.82, 2.24) is 0 Å². The Morgan fingerprint density at radius 3 is 2.50 bits per heavy atom. The molecule has 0 spiro atoms. The number of anilines is 1. The number of hydrogen-bond donors (Lipinski definition) is 1. The van der Waals surface area contributed by atoms with Crippen molar-refractivity contribution in [2.24, 2.45) is 0 Å². The monoisotopic (exact) mass is 356 g/mol. The van der Waals surface area contributed by atoms with Crippen molar-refractivity contribution in [2.45, 2.75) is 17.1 Å². The van der Waals surface area contributed by atoms with E-state index in [-0.39, 0.29) is 10.6 Å². The van der Waals surface area contributed by atoms with Gasteiger partial charge in [0, 0.05) is 22.7 Å². The second-order valence-corrected chi connectivity index (χ2v) is 6.13. The highest BCUT2D eigenvalue weighted by Gasteiger charge is 2.19. The number of amides is 1. The van der Waals surface area contributed by atoms with Crippen molar-refractivity contribution >= 4 is 29.0 Å². The highest BCUT2D eigenvalue weighted by atomic mass is 32.2. The Kier molecular flexibility index (Phi) is 5.45. The first-order chi connectivity index (χ1) is 11.3. The molecule has 0 saturated carbocycles. The van der Waals surface area contributed by atoms with Gasteiger partial charge in [-0.25, -0.2) is 8.78 Å². The number of benzene rings is 2. The maximum absolute atomic E-state index is 13.6. The van der Waals surface area contributed by atoms with Gasteiger partial charge in [-0.15, -0.1) is 11.8 Å². The third-order valence-electron chi connectivity index (χ3n) is 2.98. The molecular formula is C15H11F3N2O3S. The number of nitro groups is 1. The molecule has 24 heavy (non-hydrogen) atoms. The molecule has 1 N–H and O–H groups in total. The van der Waals surface area contributed by atoms with Crippen LogP contribution in [0, 0.1) is 27.6 Å². The number of nitrogens with zero attached hydrogens (tertiary/aromatic N) is 1. The minimum absolute atomic E-state index is 0.0418. The van der Waals surface area contributed by atoms with E-state index in [0.717, 1.165) is 30.0 Å². The molecule has 9 heteroatoms. The van der Waals surface area contributed by atoms with Crippen LogP contribution in [0.4, 0.5) is 24.5 Å². The van der Waals surface area contributed by atoms with Crippen LogP contribution in [0.1, 0.15) is 6.92 Å². The lowest BCUT2D eigenvalue weighted by molar-refractivity contribution is -0.387. The molecule has 2 rings (SSSR count). The van der Waals surface area contributed by atoms with Gasteiger partial charge in [-0.3, -0.25) is 14.9 Å². The number of hydrogen-bond acceptors (Lipinski definition) is 4. The number of carbonyl (C=O) groups is 1. The minimum atomic E-state index is -1.02. The largest absolute Gasteiger partial charge is 0.325 e. The van der Waals surface area contributed by atoms with Crippen molar-refractivity contribution < 1.29 is 22.9 Å². The number of carbonyl (C=O) groups excluding carboxylic acids is 1. The summed E-state index contributed by atoms with van der Waals surface area (Å²) in [5.74, 6) is -3.11. The lowest BCUT2D eigenvalue weighted by atomic mass is 10.2.